The molecule has 1 aliphatic carbocycles. The highest BCUT2D eigenvalue weighted by atomic mass is 16.7. The summed E-state index contributed by atoms with van der Waals surface area (Å²) in [5, 5.41) is 0.563. The van der Waals surface area contributed by atoms with Crippen molar-refractivity contribution in [3.05, 3.63) is 95.1 Å². The molecule has 2 bridgehead atoms. The average molecular weight is 537 g/mol. The normalized spacial score (nSPS) is 22.6. The Morgan fingerprint density at radius 3 is 1.77 bits per heavy atom. The lowest BCUT2D eigenvalue weighted by atomic mass is 9.88. The number of piperidine rings is 1. The zero-order valence-corrected chi connectivity index (χ0v) is 21.8. The number of imide groups is 1. The maximum Gasteiger partial charge on any atom is 0.410 e. The van der Waals surface area contributed by atoms with Crippen molar-refractivity contribution >= 4 is 23.9 Å². The summed E-state index contributed by atoms with van der Waals surface area (Å²) in [5.41, 5.74) is 5.19. The van der Waals surface area contributed by atoms with E-state index in [1.165, 1.54) is 22.3 Å². The van der Waals surface area contributed by atoms with Crippen LogP contribution in [0.15, 0.2) is 72.8 Å². The molecule has 40 heavy (non-hydrogen) atoms. The number of benzene rings is 3. The Kier molecular flexibility index (Phi) is 5.91. The first-order valence-corrected chi connectivity index (χ1v) is 13.8. The summed E-state index contributed by atoms with van der Waals surface area (Å²) in [4.78, 5) is 58.2. The number of hydroxylamine groups is 2. The molecule has 8 nitrogen and oxygen atoms in total. The Balaban J connectivity index is 0.964. The fraction of sp³-hybridized carbons (Fsp3) is 0.312. The lowest BCUT2D eigenvalue weighted by Crippen LogP contribution is -2.47. The fourth-order valence-corrected chi connectivity index (χ4v) is 7.05. The minimum atomic E-state index is -0.626. The first-order chi connectivity index (χ1) is 19.5. The number of hydrogen-bond donors (Lipinski definition) is 0. The van der Waals surface area contributed by atoms with Gasteiger partial charge in [-0.3, -0.25) is 9.59 Å². The topological polar surface area (TPSA) is 93.2 Å². The smallest absolute Gasteiger partial charge is 0.410 e. The summed E-state index contributed by atoms with van der Waals surface area (Å²) in [6.07, 6.45) is 2.80. The number of hydrogen-bond acceptors (Lipinski definition) is 6. The van der Waals surface area contributed by atoms with Crippen molar-refractivity contribution in [2.75, 3.05) is 6.61 Å². The minimum Gasteiger partial charge on any atom is -0.448 e. The van der Waals surface area contributed by atoms with Gasteiger partial charge in [0.2, 0.25) is 0 Å². The molecule has 4 aliphatic rings. The number of carbonyl (C=O) groups excluding carboxylic acids is 4. The highest BCUT2D eigenvalue weighted by molar-refractivity contribution is 6.20. The minimum absolute atomic E-state index is 0.00202. The lowest BCUT2D eigenvalue weighted by molar-refractivity contribution is -0.170. The van der Waals surface area contributed by atoms with Crippen LogP contribution in [0.4, 0.5) is 4.79 Å². The second-order valence-corrected chi connectivity index (χ2v) is 11.1. The van der Waals surface area contributed by atoms with Crippen LogP contribution < -0.4 is 0 Å². The van der Waals surface area contributed by atoms with Gasteiger partial charge in [-0.1, -0.05) is 65.7 Å². The molecule has 202 valence electrons. The molecule has 0 aromatic heterocycles. The van der Waals surface area contributed by atoms with Gasteiger partial charge in [0.25, 0.3) is 11.8 Å². The van der Waals surface area contributed by atoms with Crippen molar-refractivity contribution in [3.8, 4) is 11.1 Å². The van der Waals surface area contributed by atoms with E-state index in [-0.39, 0.29) is 54.2 Å². The van der Waals surface area contributed by atoms with Crippen molar-refractivity contribution in [2.24, 2.45) is 5.92 Å². The second kappa shape index (κ2) is 9.62. The number of rotatable bonds is 5. The van der Waals surface area contributed by atoms with E-state index in [9.17, 15) is 19.2 Å². The Hall–Kier alpha value is -4.46. The molecule has 8 heteroatoms. The van der Waals surface area contributed by atoms with E-state index in [1.54, 1.807) is 24.3 Å². The molecular weight excluding hydrogens is 508 g/mol. The van der Waals surface area contributed by atoms with Crippen LogP contribution in [0.1, 0.15) is 69.9 Å². The van der Waals surface area contributed by atoms with Gasteiger partial charge in [-0.15, -0.1) is 0 Å². The van der Waals surface area contributed by atoms with Gasteiger partial charge in [0.15, 0.2) is 0 Å². The van der Waals surface area contributed by atoms with Gasteiger partial charge in [0.05, 0.1) is 17.5 Å². The summed E-state index contributed by atoms with van der Waals surface area (Å²) in [5.74, 6) is -1.87. The molecule has 7 rings (SSSR count). The van der Waals surface area contributed by atoms with Crippen molar-refractivity contribution in [2.45, 2.75) is 50.1 Å². The summed E-state index contributed by atoms with van der Waals surface area (Å²) in [6, 6.07) is 22.9. The molecule has 0 radical (unpaired) electrons. The molecule has 0 N–H and O–H groups in total. The molecule has 2 saturated heterocycles. The molecular formula is C32H28N2O6. The van der Waals surface area contributed by atoms with Gasteiger partial charge in [0.1, 0.15) is 6.61 Å². The highest BCUT2D eigenvalue weighted by Gasteiger charge is 2.45. The number of nitrogens with zero attached hydrogens (tertiary/aromatic N) is 2. The van der Waals surface area contributed by atoms with Crippen LogP contribution in [0, 0.1) is 5.92 Å². The van der Waals surface area contributed by atoms with Crippen molar-refractivity contribution in [3.63, 3.8) is 0 Å². The zero-order chi connectivity index (χ0) is 27.4. The summed E-state index contributed by atoms with van der Waals surface area (Å²) in [6.45, 7) is 0.277. The monoisotopic (exact) mass is 536 g/mol. The molecule has 0 spiro atoms. The number of amides is 3. The molecule has 0 saturated carbocycles. The number of ether oxygens (including phenoxy) is 1. The van der Waals surface area contributed by atoms with E-state index in [4.69, 9.17) is 9.57 Å². The quantitative estimate of drug-likeness (QED) is 0.410. The fourth-order valence-electron chi connectivity index (χ4n) is 7.05. The van der Waals surface area contributed by atoms with Crippen LogP contribution in [0.5, 0.6) is 0 Å². The summed E-state index contributed by atoms with van der Waals surface area (Å²) in [7, 11) is 0. The summed E-state index contributed by atoms with van der Waals surface area (Å²) < 4.78 is 5.93. The van der Waals surface area contributed by atoms with E-state index >= 15 is 0 Å². The van der Waals surface area contributed by atoms with Crippen molar-refractivity contribution in [1.82, 2.24) is 9.96 Å². The number of fused-ring (bicyclic) bond motifs is 6. The Labute approximate surface area is 231 Å². The third-order valence-electron chi connectivity index (χ3n) is 8.78. The molecule has 3 aliphatic heterocycles. The van der Waals surface area contributed by atoms with Crippen molar-refractivity contribution < 1.29 is 28.8 Å². The van der Waals surface area contributed by atoms with Crippen molar-refractivity contribution in [1.29, 1.82) is 0 Å². The predicted octanol–water partition coefficient (Wildman–Crippen LogP) is 5.32. The molecule has 3 aromatic carbocycles. The van der Waals surface area contributed by atoms with Gasteiger partial charge in [-0.2, -0.15) is 0 Å². The van der Waals surface area contributed by atoms with E-state index in [0.717, 1.165) is 12.8 Å². The maximum atomic E-state index is 13.3. The molecule has 3 amide bonds. The second-order valence-electron chi connectivity index (χ2n) is 11.1. The van der Waals surface area contributed by atoms with Crippen LogP contribution in [-0.2, 0) is 14.4 Å². The first kappa shape index (κ1) is 24.6. The van der Waals surface area contributed by atoms with Gasteiger partial charge in [0, 0.05) is 18.0 Å². The van der Waals surface area contributed by atoms with Crippen LogP contribution in [0.2, 0.25) is 0 Å². The van der Waals surface area contributed by atoms with E-state index in [2.05, 4.69) is 24.3 Å². The molecule has 3 aromatic rings. The van der Waals surface area contributed by atoms with Gasteiger partial charge in [-0.05, 0) is 66.0 Å². The maximum absolute atomic E-state index is 13.3. The third-order valence-corrected chi connectivity index (χ3v) is 8.78. The number of carbonyl (C=O) groups is 4. The van der Waals surface area contributed by atoms with E-state index in [1.807, 2.05) is 29.2 Å². The van der Waals surface area contributed by atoms with Crippen LogP contribution >= 0.6 is 0 Å². The van der Waals surface area contributed by atoms with Crippen LogP contribution in [0.3, 0.4) is 0 Å². The molecule has 3 heterocycles. The van der Waals surface area contributed by atoms with Crippen LogP contribution in [0.25, 0.3) is 11.1 Å². The summed E-state index contributed by atoms with van der Waals surface area (Å²) >= 11 is 0. The van der Waals surface area contributed by atoms with Gasteiger partial charge >= 0.3 is 12.1 Å². The first-order valence-electron chi connectivity index (χ1n) is 13.8. The lowest BCUT2D eigenvalue weighted by Gasteiger charge is -2.38. The SMILES string of the molecule is O=C(CC1CC2CCC(C1)N2C(=O)OCC1c2ccccc2-c2ccccc21)ON1C(=O)c2ccccc2C1=O. The molecule has 2 unspecified atom stereocenters. The standard InChI is InChI=1S/C32H28N2O6/c35-29(40-34-30(36)26-11-5-6-12-27(26)31(34)37)17-19-15-20-13-14-21(16-19)33(20)32(38)39-18-28-24-9-3-1-7-22(24)23-8-2-4-10-25(23)28/h1-12,19-21,28H,13-18H2. The Morgan fingerprint density at radius 2 is 1.23 bits per heavy atom. The van der Waals surface area contributed by atoms with E-state index in [0.29, 0.717) is 17.9 Å². The predicted molar refractivity (Wildman–Crippen MR) is 144 cm³/mol. The highest BCUT2D eigenvalue weighted by Crippen LogP contribution is 2.45. The Morgan fingerprint density at radius 1 is 0.725 bits per heavy atom. The zero-order valence-electron chi connectivity index (χ0n) is 21.8. The third kappa shape index (κ3) is 3.97. The Bertz CT molecular complexity index is 1460. The van der Waals surface area contributed by atoms with Gasteiger partial charge in [-0.25, -0.2) is 9.59 Å². The average Bonchev–Trinajstić information content (AvgIpc) is 3.53. The molecule has 2 fully saturated rings. The van der Waals surface area contributed by atoms with Gasteiger partial charge < -0.3 is 14.5 Å². The molecule has 2 atom stereocenters. The van der Waals surface area contributed by atoms with E-state index < -0.39 is 17.8 Å². The largest absolute Gasteiger partial charge is 0.448 e. The van der Waals surface area contributed by atoms with Crippen LogP contribution in [-0.4, -0.2) is 52.5 Å².